The van der Waals surface area contributed by atoms with Gasteiger partial charge in [0.15, 0.2) is 18.1 Å². The quantitative estimate of drug-likeness (QED) is 0.171. The number of hydrogen-bond acceptors (Lipinski definition) is 6. The molecule has 0 saturated heterocycles. The number of esters is 1. The Labute approximate surface area is 209 Å². The molecule has 7 nitrogen and oxygen atoms in total. The zero-order valence-corrected chi connectivity index (χ0v) is 20.5. The van der Waals surface area contributed by atoms with Gasteiger partial charge in [-0.2, -0.15) is 5.10 Å². The summed E-state index contributed by atoms with van der Waals surface area (Å²) < 4.78 is 16.3. The number of hydrazone groups is 1. The van der Waals surface area contributed by atoms with Gasteiger partial charge < -0.3 is 14.2 Å². The van der Waals surface area contributed by atoms with Crippen molar-refractivity contribution >= 4 is 29.7 Å². The van der Waals surface area contributed by atoms with Gasteiger partial charge in [0.05, 0.1) is 23.9 Å². The molecule has 0 spiro atoms. The van der Waals surface area contributed by atoms with E-state index >= 15 is 0 Å². The molecular formula is C27H27ClN2O5. The van der Waals surface area contributed by atoms with Gasteiger partial charge >= 0.3 is 5.97 Å². The Morgan fingerprint density at radius 3 is 2.49 bits per heavy atom. The molecule has 35 heavy (non-hydrogen) atoms. The lowest BCUT2D eigenvalue weighted by molar-refractivity contribution is -0.123. The van der Waals surface area contributed by atoms with Crippen LogP contribution in [-0.2, 0) is 4.79 Å². The summed E-state index contributed by atoms with van der Waals surface area (Å²) in [4.78, 5) is 24.5. The van der Waals surface area contributed by atoms with E-state index in [9.17, 15) is 9.59 Å². The van der Waals surface area contributed by atoms with Crippen molar-refractivity contribution in [2.45, 2.75) is 26.2 Å². The van der Waals surface area contributed by atoms with E-state index in [0.717, 1.165) is 6.42 Å². The van der Waals surface area contributed by atoms with E-state index in [1.807, 2.05) is 24.3 Å². The van der Waals surface area contributed by atoms with Gasteiger partial charge in [0.25, 0.3) is 5.91 Å². The molecule has 0 radical (unpaired) electrons. The maximum Gasteiger partial charge on any atom is 0.345 e. The molecule has 1 atom stereocenters. The number of carbonyl (C=O) groups is 2. The van der Waals surface area contributed by atoms with E-state index < -0.39 is 11.9 Å². The Kier molecular flexibility index (Phi) is 9.26. The van der Waals surface area contributed by atoms with Gasteiger partial charge in [-0.05, 0) is 65.9 Å². The smallest absolute Gasteiger partial charge is 0.345 e. The van der Waals surface area contributed by atoms with E-state index in [2.05, 4.69) is 24.4 Å². The van der Waals surface area contributed by atoms with Crippen LogP contribution in [0.2, 0.25) is 5.02 Å². The molecule has 0 saturated carbocycles. The Hall–Kier alpha value is -3.84. The average Bonchev–Trinajstić information content (AvgIpc) is 2.88. The van der Waals surface area contributed by atoms with Crippen molar-refractivity contribution in [2.24, 2.45) is 5.10 Å². The third-order valence-electron chi connectivity index (χ3n) is 5.32. The molecule has 3 rings (SSSR count). The monoisotopic (exact) mass is 494 g/mol. The molecule has 0 aromatic heterocycles. The molecule has 0 bridgehead atoms. The number of nitrogens with one attached hydrogen (secondary N) is 1. The molecule has 0 aliphatic rings. The minimum Gasteiger partial charge on any atom is -0.493 e. The molecule has 0 aliphatic heterocycles. The van der Waals surface area contributed by atoms with Crippen molar-refractivity contribution in [1.29, 1.82) is 0 Å². The maximum atomic E-state index is 12.4. The number of halogens is 1. The Balaban J connectivity index is 1.53. The molecule has 8 heteroatoms. The van der Waals surface area contributed by atoms with Crippen LogP contribution in [0.15, 0.2) is 71.8 Å². The molecule has 3 aromatic carbocycles. The minimum absolute atomic E-state index is 0.166. The first kappa shape index (κ1) is 25.8. The van der Waals surface area contributed by atoms with Gasteiger partial charge in [-0.3, -0.25) is 4.79 Å². The zero-order chi connectivity index (χ0) is 25.2. The fraction of sp³-hybridized carbons (Fsp3) is 0.222. The largest absolute Gasteiger partial charge is 0.493 e. The first-order valence-corrected chi connectivity index (χ1v) is 11.5. The van der Waals surface area contributed by atoms with E-state index in [1.165, 1.54) is 18.9 Å². The van der Waals surface area contributed by atoms with E-state index in [1.54, 1.807) is 42.5 Å². The predicted molar refractivity (Wildman–Crippen MR) is 136 cm³/mol. The highest BCUT2D eigenvalue weighted by atomic mass is 35.5. The molecular weight excluding hydrogens is 468 g/mol. The standard InChI is InChI=1S/C27H27ClN2O5/c1-4-18(2)20-10-12-21(13-11-20)34-17-26(31)30-29-16-19-9-14-24(25(15-19)33-3)35-27(32)22-7-5-6-8-23(22)28/h5-16,18H,4,17H2,1-3H3,(H,30,31)/b29-16-/t18-/m1/s1. The molecule has 182 valence electrons. The predicted octanol–water partition coefficient (Wildman–Crippen LogP) is 5.61. The van der Waals surface area contributed by atoms with Crippen molar-refractivity contribution in [3.8, 4) is 17.2 Å². The lowest BCUT2D eigenvalue weighted by atomic mass is 9.99. The molecule has 0 aliphatic carbocycles. The highest BCUT2D eigenvalue weighted by Gasteiger charge is 2.15. The van der Waals surface area contributed by atoms with Gasteiger partial charge in [-0.1, -0.05) is 49.7 Å². The van der Waals surface area contributed by atoms with Crippen LogP contribution >= 0.6 is 11.6 Å². The number of nitrogens with zero attached hydrogens (tertiary/aromatic N) is 1. The van der Waals surface area contributed by atoms with Crippen molar-refractivity contribution in [2.75, 3.05) is 13.7 Å². The van der Waals surface area contributed by atoms with Crippen molar-refractivity contribution < 1.29 is 23.8 Å². The maximum absolute atomic E-state index is 12.4. The topological polar surface area (TPSA) is 86.2 Å². The molecule has 0 fully saturated rings. The SMILES string of the molecule is CC[C@@H](C)c1ccc(OCC(=O)N/N=C\c2ccc(OC(=O)c3ccccc3Cl)c(OC)c2)cc1. The van der Waals surface area contributed by atoms with Crippen LogP contribution in [0.25, 0.3) is 0 Å². The second-order valence-electron chi connectivity index (χ2n) is 7.74. The van der Waals surface area contributed by atoms with E-state index in [0.29, 0.717) is 28.0 Å². The number of ether oxygens (including phenoxy) is 3. The third-order valence-corrected chi connectivity index (χ3v) is 5.65. The molecule has 1 amide bonds. The summed E-state index contributed by atoms with van der Waals surface area (Å²) in [6.07, 6.45) is 2.50. The van der Waals surface area contributed by atoms with Gasteiger partial charge in [0.2, 0.25) is 0 Å². The second-order valence-corrected chi connectivity index (χ2v) is 8.15. The van der Waals surface area contributed by atoms with Crippen molar-refractivity contribution in [3.63, 3.8) is 0 Å². The summed E-state index contributed by atoms with van der Waals surface area (Å²) in [6.45, 7) is 4.14. The van der Waals surface area contributed by atoms with Crippen LogP contribution in [0.1, 0.15) is 47.7 Å². The number of carbonyl (C=O) groups excluding carboxylic acids is 2. The van der Waals surface area contributed by atoms with Gasteiger partial charge in [0.1, 0.15) is 5.75 Å². The first-order chi connectivity index (χ1) is 16.9. The van der Waals surface area contributed by atoms with Crippen LogP contribution < -0.4 is 19.6 Å². The summed E-state index contributed by atoms with van der Waals surface area (Å²) in [5.74, 6) is 0.643. The summed E-state index contributed by atoms with van der Waals surface area (Å²) in [6, 6.07) is 19.2. The van der Waals surface area contributed by atoms with Gasteiger partial charge in [-0.15, -0.1) is 0 Å². The van der Waals surface area contributed by atoms with Gasteiger partial charge in [0, 0.05) is 0 Å². The molecule has 0 unspecified atom stereocenters. The van der Waals surface area contributed by atoms with Crippen LogP contribution in [0.5, 0.6) is 17.2 Å². The van der Waals surface area contributed by atoms with Crippen LogP contribution in [0.4, 0.5) is 0 Å². The Morgan fingerprint density at radius 2 is 1.80 bits per heavy atom. The first-order valence-electron chi connectivity index (χ1n) is 11.1. The van der Waals surface area contributed by atoms with E-state index in [-0.39, 0.29) is 17.9 Å². The van der Waals surface area contributed by atoms with Crippen LogP contribution in [-0.4, -0.2) is 31.8 Å². The molecule has 0 heterocycles. The molecule has 1 N–H and O–H groups in total. The fourth-order valence-electron chi connectivity index (χ4n) is 3.12. The average molecular weight is 495 g/mol. The summed E-state index contributed by atoms with van der Waals surface area (Å²) in [5.41, 5.74) is 4.52. The lowest BCUT2D eigenvalue weighted by Gasteiger charge is -2.11. The van der Waals surface area contributed by atoms with Crippen LogP contribution in [0, 0.1) is 0 Å². The Bertz CT molecular complexity index is 1190. The summed E-state index contributed by atoms with van der Waals surface area (Å²) in [5, 5.41) is 4.24. The fourth-order valence-corrected chi connectivity index (χ4v) is 3.33. The Morgan fingerprint density at radius 1 is 1.06 bits per heavy atom. The number of amides is 1. The number of methoxy groups -OCH3 is 1. The van der Waals surface area contributed by atoms with Crippen molar-refractivity contribution in [1.82, 2.24) is 5.43 Å². The number of benzene rings is 3. The number of rotatable bonds is 10. The highest BCUT2D eigenvalue weighted by molar-refractivity contribution is 6.33. The zero-order valence-electron chi connectivity index (χ0n) is 19.8. The van der Waals surface area contributed by atoms with Gasteiger partial charge in [-0.25, -0.2) is 10.2 Å². The lowest BCUT2D eigenvalue weighted by Crippen LogP contribution is -2.24. The molecule has 3 aromatic rings. The van der Waals surface area contributed by atoms with E-state index in [4.69, 9.17) is 25.8 Å². The highest BCUT2D eigenvalue weighted by Crippen LogP contribution is 2.29. The number of hydrogen-bond donors (Lipinski definition) is 1. The third kappa shape index (κ3) is 7.32. The van der Waals surface area contributed by atoms with Crippen molar-refractivity contribution in [3.05, 3.63) is 88.4 Å². The minimum atomic E-state index is -0.600. The second kappa shape index (κ2) is 12.6. The normalized spacial score (nSPS) is 11.7. The van der Waals surface area contributed by atoms with Crippen LogP contribution in [0.3, 0.4) is 0 Å². The summed E-state index contributed by atoms with van der Waals surface area (Å²) in [7, 11) is 1.46. The summed E-state index contributed by atoms with van der Waals surface area (Å²) >= 11 is 6.05.